The van der Waals surface area contributed by atoms with Crippen LogP contribution in [0.2, 0.25) is 0 Å². The average molecular weight is 462 g/mol. The van der Waals surface area contributed by atoms with Crippen molar-refractivity contribution in [2.45, 2.75) is 17.9 Å². The van der Waals surface area contributed by atoms with Crippen molar-refractivity contribution in [3.05, 3.63) is 95.6 Å². The van der Waals surface area contributed by atoms with Crippen LogP contribution in [0.1, 0.15) is 21.5 Å². The topological polar surface area (TPSA) is 60.9 Å². The Labute approximate surface area is 195 Å². The van der Waals surface area contributed by atoms with Crippen molar-refractivity contribution in [1.29, 1.82) is 0 Å². The van der Waals surface area contributed by atoms with Crippen molar-refractivity contribution in [2.24, 2.45) is 0 Å². The molecular weight excluding hydrogens is 434 g/mol. The lowest BCUT2D eigenvalue weighted by molar-refractivity contribution is 0.0989. The first-order valence-electron chi connectivity index (χ1n) is 11.3. The van der Waals surface area contributed by atoms with Crippen LogP contribution in [-0.2, 0) is 23.0 Å². The largest absolute Gasteiger partial charge is 0.308 e. The van der Waals surface area contributed by atoms with Gasteiger partial charge < -0.3 is 4.90 Å². The molecule has 0 aliphatic carbocycles. The molecule has 3 aromatic rings. The van der Waals surface area contributed by atoms with Crippen LogP contribution in [-0.4, -0.2) is 56.3 Å². The van der Waals surface area contributed by atoms with Gasteiger partial charge >= 0.3 is 0 Å². The smallest absolute Gasteiger partial charge is 0.258 e. The Hall–Kier alpha value is -3.00. The Kier molecular flexibility index (Phi) is 6.01. The number of sulfonamides is 1. The van der Waals surface area contributed by atoms with E-state index in [1.165, 1.54) is 15.9 Å². The first kappa shape index (κ1) is 21.8. The normalized spacial score (nSPS) is 17.2. The summed E-state index contributed by atoms with van der Waals surface area (Å²) in [7, 11) is -3.66. The number of anilines is 1. The van der Waals surface area contributed by atoms with Crippen LogP contribution >= 0.6 is 0 Å². The number of carbonyl (C=O) groups is 1. The van der Waals surface area contributed by atoms with E-state index in [-0.39, 0.29) is 10.8 Å². The van der Waals surface area contributed by atoms with E-state index in [1.54, 1.807) is 23.1 Å². The molecule has 0 spiro atoms. The summed E-state index contributed by atoms with van der Waals surface area (Å²) in [4.78, 5) is 17.4. The number of rotatable bonds is 5. The van der Waals surface area contributed by atoms with E-state index in [9.17, 15) is 13.2 Å². The first-order valence-corrected chi connectivity index (χ1v) is 12.7. The number of fused-ring (bicyclic) bond motifs is 1. The second-order valence-corrected chi connectivity index (χ2v) is 10.5. The summed E-state index contributed by atoms with van der Waals surface area (Å²) in [6.45, 7) is 3.66. The van der Waals surface area contributed by atoms with Crippen molar-refractivity contribution in [1.82, 2.24) is 9.21 Å². The minimum absolute atomic E-state index is 0.162. The number of hydrogen-bond donors (Lipinski definition) is 0. The molecule has 1 amide bonds. The van der Waals surface area contributed by atoms with Gasteiger partial charge in [0.2, 0.25) is 10.0 Å². The van der Waals surface area contributed by atoms with E-state index in [2.05, 4.69) is 17.0 Å². The quantitative estimate of drug-likeness (QED) is 0.584. The zero-order valence-corrected chi connectivity index (χ0v) is 19.2. The van der Waals surface area contributed by atoms with Gasteiger partial charge in [-0.3, -0.25) is 9.69 Å². The lowest BCUT2D eigenvalue weighted by Crippen LogP contribution is -2.48. The fourth-order valence-corrected chi connectivity index (χ4v) is 6.08. The zero-order chi connectivity index (χ0) is 22.8. The number of para-hydroxylation sites is 1. The summed E-state index contributed by atoms with van der Waals surface area (Å²) >= 11 is 0. The van der Waals surface area contributed by atoms with E-state index < -0.39 is 10.0 Å². The molecule has 1 fully saturated rings. The zero-order valence-electron chi connectivity index (χ0n) is 18.4. The van der Waals surface area contributed by atoms with Gasteiger partial charge in [0, 0.05) is 50.5 Å². The number of nitrogens with zero attached hydrogens (tertiary/aromatic N) is 3. The Morgan fingerprint density at radius 1 is 0.788 bits per heavy atom. The first-order chi connectivity index (χ1) is 16.0. The van der Waals surface area contributed by atoms with Gasteiger partial charge in [0.1, 0.15) is 0 Å². The van der Waals surface area contributed by atoms with Crippen molar-refractivity contribution >= 4 is 21.6 Å². The van der Waals surface area contributed by atoms with Gasteiger partial charge in [0.05, 0.1) is 4.90 Å². The van der Waals surface area contributed by atoms with Gasteiger partial charge in [-0.15, -0.1) is 0 Å². The van der Waals surface area contributed by atoms with Crippen LogP contribution in [0, 0.1) is 0 Å². The maximum Gasteiger partial charge on any atom is 0.258 e. The van der Waals surface area contributed by atoms with Crippen LogP contribution in [0.4, 0.5) is 5.69 Å². The third-order valence-electron chi connectivity index (χ3n) is 6.43. The van der Waals surface area contributed by atoms with E-state index in [4.69, 9.17) is 0 Å². The fourth-order valence-electron chi connectivity index (χ4n) is 4.61. The molecule has 6 nitrogen and oxygen atoms in total. The lowest BCUT2D eigenvalue weighted by Gasteiger charge is -2.34. The van der Waals surface area contributed by atoms with E-state index in [0.29, 0.717) is 38.3 Å². The van der Waals surface area contributed by atoms with Gasteiger partial charge in [-0.1, -0.05) is 54.6 Å². The summed E-state index contributed by atoms with van der Waals surface area (Å²) in [5.74, 6) is -0.162. The molecule has 0 aromatic heterocycles. The van der Waals surface area contributed by atoms with Gasteiger partial charge in [0.25, 0.3) is 5.91 Å². The third-order valence-corrected chi connectivity index (χ3v) is 8.33. The Morgan fingerprint density at radius 3 is 2.30 bits per heavy atom. The SMILES string of the molecule is O=C(c1cccc(S(=O)(=O)N2CCN(Cc3ccccc3)CC2)c1)N1CCc2ccccc21. The molecule has 0 radical (unpaired) electrons. The molecule has 2 aliphatic rings. The molecule has 33 heavy (non-hydrogen) atoms. The van der Waals surface area contributed by atoms with E-state index in [0.717, 1.165) is 24.2 Å². The van der Waals surface area contributed by atoms with Crippen molar-refractivity contribution in [3.8, 4) is 0 Å². The van der Waals surface area contributed by atoms with Gasteiger partial charge in [-0.2, -0.15) is 4.31 Å². The number of amides is 1. The second-order valence-electron chi connectivity index (χ2n) is 8.53. The number of hydrogen-bond acceptors (Lipinski definition) is 4. The van der Waals surface area contributed by atoms with Crippen LogP contribution in [0.5, 0.6) is 0 Å². The Balaban J connectivity index is 1.29. The molecule has 7 heteroatoms. The summed E-state index contributed by atoms with van der Waals surface area (Å²) in [5, 5.41) is 0. The predicted octanol–water partition coefficient (Wildman–Crippen LogP) is 3.40. The highest BCUT2D eigenvalue weighted by Gasteiger charge is 2.30. The molecule has 2 aliphatic heterocycles. The van der Waals surface area contributed by atoms with Crippen LogP contribution in [0.25, 0.3) is 0 Å². The highest BCUT2D eigenvalue weighted by molar-refractivity contribution is 7.89. The molecule has 0 N–H and O–H groups in total. The molecule has 5 rings (SSSR count). The Morgan fingerprint density at radius 2 is 1.52 bits per heavy atom. The van der Waals surface area contributed by atoms with Gasteiger partial charge in [-0.05, 0) is 41.8 Å². The van der Waals surface area contributed by atoms with Crippen LogP contribution < -0.4 is 4.90 Å². The second kappa shape index (κ2) is 9.09. The Bertz CT molecular complexity index is 1250. The summed E-state index contributed by atoms with van der Waals surface area (Å²) < 4.78 is 28.2. The molecule has 0 saturated carbocycles. The highest BCUT2D eigenvalue weighted by atomic mass is 32.2. The van der Waals surface area contributed by atoms with Crippen LogP contribution in [0.15, 0.2) is 83.8 Å². The lowest BCUT2D eigenvalue weighted by atomic mass is 10.1. The average Bonchev–Trinajstić information content (AvgIpc) is 3.29. The van der Waals surface area contributed by atoms with E-state index >= 15 is 0 Å². The van der Waals surface area contributed by atoms with Crippen LogP contribution in [0.3, 0.4) is 0 Å². The number of carbonyl (C=O) groups excluding carboxylic acids is 1. The summed E-state index contributed by atoms with van der Waals surface area (Å²) in [5.41, 5.74) is 3.67. The van der Waals surface area contributed by atoms with Gasteiger partial charge in [0.15, 0.2) is 0 Å². The predicted molar refractivity (Wildman–Crippen MR) is 129 cm³/mol. The van der Waals surface area contributed by atoms with E-state index in [1.807, 2.05) is 42.5 Å². The minimum Gasteiger partial charge on any atom is -0.308 e. The molecule has 1 saturated heterocycles. The molecule has 2 heterocycles. The summed E-state index contributed by atoms with van der Waals surface area (Å²) in [6, 6.07) is 24.5. The van der Waals surface area contributed by atoms with Gasteiger partial charge in [-0.25, -0.2) is 8.42 Å². The standard InChI is InChI=1S/C26H27N3O3S/c30-26(29-14-13-22-9-4-5-12-25(22)29)23-10-6-11-24(19-23)33(31,32)28-17-15-27(16-18-28)20-21-7-2-1-3-8-21/h1-12,19H,13-18,20H2. The molecule has 170 valence electrons. The minimum atomic E-state index is -3.66. The monoisotopic (exact) mass is 461 g/mol. The van der Waals surface area contributed by atoms with Crippen molar-refractivity contribution < 1.29 is 13.2 Å². The molecule has 0 bridgehead atoms. The molecule has 0 atom stereocenters. The molecule has 3 aromatic carbocycles. The highest BCUT2D eigenvalue weighted by Crippen LogP contribution is 2.29. The van der Waals surface area contributed by atoms with Crippen molar-refractivity contribution in [2.75, 3.05) is 37.6 Å². The maximum atomic E-state index is 13.3. The fraction of sp³-hybridized carbons (Fsp3) is 0.269. The summed E-state index contributed by atoms with van der Waals surface area (Å²) in [6.07, 6.45) is 0.813. The number of piperazine rings is 1. The molecule has 0 unspecified atom stereocenters. The maximum absolute atomic E-state index is 13.3. The third kappa shape index (κ3) is 4.44. The number of benzene rings is 3. The van der Waals surface area contributed by atoms with Crippen molar-refractivity contribution in [3.63, 3.8) is 0 Å². The molecular formula is C26H27N3O3S.